The van der Waals surface area contributed by atoms with E-state index in [9.17, 15) is 14.7 Å². The van der Waals surface area contributed by atoms with Gasteiger partial charge in [-0.15, -0.1) is 0 Å². The fraction of sp³-hybridized carbons (Fsp3) is 0.643. The Labute approximate surface area is 124 Å². The van der Waals surface area contributed by atoms with Crippen molar-refractivity contribution in [3.8, 4) is 0 Å². The summed E-state index contributed by atoms with van der Waals surface area (Å²) in [7, 11) is 1.83. The third-order valence-electron chi connectivity index (χ3n) is 3.52. The van der Waals surface area contributed by atoms with E-state index in [-0.39, 0.29) is 0 Å². The van der Waals surface area contributed by atoms with E-state index in [0.717, 1.165) is 17.7 Å². The molecule has 7 nitrogen and oxygen atoms in total. The summed E-state index contributed by atoms with van der Waals surface area (Å²) < 4.78 is 1.71. The molecule has 0 aliphatic carbocycles. The molecule has 0 bridgehead atoms. The van der Waals surface area contributed by atoms with Crippen molar-refractivity contribution in [1.82, 2.24) is 20.0 Å². The van der Waals surface area contributed by atoms with Crippen LogP contribution >= 0.6 is 0 Å². The van der Waals surface area contributed by atoms with Gasteiger partial charge in [-0.25, -0.2) is 9.59 Å². The fourth-order valence-corrected chi connectivity index (χ4v) is 2.20. The highest BCUT2D eigenvalue weighted by Gasteiger charge is 2.36. The molecule has 0 unspecified atom stereocenters. The SMILES string of the molecule is CCc1nn(C)cc1CNC(=O)N(CC)C(C)(C)C(=O)O. The van der Waals surface area contributed by atoms with Crippen LogP contribution in [0.25, 0.3) is 0 Å². The largest absolute Gasteiger partial charge is 0.480 e. The third kappa shape index (κ3) is 3.74. The topological polar surface area (TPSA) is 87.5 Å². The number of amides is 2. The van der Waals surface area contributed by atoms with Crippen molar-refractivity contribution < 1.29 is 14.7 Å². The van der Waals surface area contributed by atoms with Crippen molar-refractivity contribution in [2.75, 3.05) is 6.54 Å². The van der Waals surface area contributed by atoms with Gasteiger partial charge in [-0.2, -0.15) is 5.10 Å². The third-order valence-corrected chi connectivity index (χ3v) is 3.52. The molecule has 0 fully saturated rings. The van der Waals surface area contributed by atoms with Crippen LogP contribution in [0.4, 0.5) is 4.79 Å². The first-order valence-electron chi connectivity index (χ1n) is 7.04. The summed E-state index contributed by atoms with van der Waals surface area (Å²) in [4.78, 5) is 24.8. The van der Waals surface area contributed by atoms with Crippen molar-refractivity contribution in [2.45, 2.75) is 46.2 Å². The van der Waals surface area contributed by atoms with Crippen molar-refractivity contribution in [1.29, 1.82) is 0 Å². The Hall–Kier alpha value is -2.05. The van der Waals surface area contributed by atoms with Gasteiger partial charge in [0.2, 0.25) is 0 Å². The number of rotatable bonds is 6. The monoisotopic (exact) mass is 296 g/mol. The number of hydrogen-bond acceptors (Lipinski definition) is 3. The standard InChI is InChI=1S/C14H24N4O3/c1-6-11-10(9-17(5)16-11)8-15-13(21)18(7-2)14(3,4)12(19)20/h9H,6-8H2,1-5H3,(H,15,21)(H,19,20). The van der Waals surface area contributed by atoms with Crippen molar-refractivity contribution in [2.24, 2.45) is 7.05 Å². The lowest BCUT2D eigenvalue weighted by atomic mass is 10.0. The van der Waals surface area contributed by atoms with Crippen LogP contribution in [0.2, 0.25) is 0 Å². The molecule has 1 rings (SSSR count). The molecule has 118 valence electrons. The molecule has 0 atom stereocenters. The number of carbonyl (C=O) groups excluding carboxylic acids is 1. The van der Waals surface area contributed by atoms with E-state index in [1.165, 1.54) is 18.7 Å². The Morgan fingerprint density at radius 1 is 1.43 bits per heavy atom. The number of urea groups is 1. The Morgan fingerprint density at radius 2 is 2.05 bits per heavy atom. The van der Waals surface area contributed by atoms with Crippen LogP contribution in [0, 0.1) is 0 Å². The van der Waals surface area contributed by atoms with Gasteiger partial charge in [0.25, 0.3) is 0 Å². The van der Waals surface area contributed by atoms with Gasteiger partial charge in [-0.3, -0.25) is 4.68 Å². The molecule has 7 heteroatoms. The van der Waals surface area contributed by atoms with Gasteiger partial charge in [0.15, 0.2) is 0 Å². The first-order chi connectivity index (χ1) is 9.73. The lowest BCUT2D eigenvalue weighted by Gasteiger charge is -2.34. The number of carbonyl (C=O) groups is 2. The first-order valence-corrected chi connectivity index (χ1v) is 7.04. The number of carboxylic acids is 1. The van der Waals surface area contributed by atoms with Crippen LogP contribution in [0.15, 0.2) is 6.20 Å². The van der Waals surface area contributed by atoms with Crippen LogP contribution in [0.3, 0.4) is 0 Å². The molecular weight excluding hydrogens is 272 g/mol. The van der Waals surface area contributed by atoms with Crippen molar-refractivity contribution in [3.63, 3.8) is 0 Å². The van der Waals surface area contributed by atoms with E-state index < -0.39 is 17.5 Å². The van der Waals surface area contributed by atoms with Crippen LogP contribution in [-0.4, -0.2) is 43.9 Å². The van der Waals surface area contributed by atoms with E-state index in [1.54, 1.807) is 11.6 Å². The predicted octanol–water partition coefficient (Wildman–Crippen LogP) is 1.38. The van der Waals surface area contributed by atoms with Gasteiger partial charge < -0.3 is 15.3 Å². The first kappa shape index (κ1) is 17.0. The van der Waals surface area contributed by atoms with Gasteiger partial charge in [0.05, 0.1) is 5.69 Å². The quantitative estimate of drug-likeness (QED) is 0.830. The maximum absolute atomic E-state index is 12.2. The van der Waals surface area contributed by atoms with E-state index in [1.807, 2.05) is 20.2 Å². The Balaban J connectivity index is 2.78. The molecule has 0 spiro atoms. The van der Waals surface area contributed by atoms with Crippen LogP contribution in [-0.2, 0) is 24.8 Å². The molecule has 0 aliphatic heterocycles. The summed E-state index contributed by atoms with van der Waals surface area (Å²) in [6.07, 6.45) is 2.64. The number of aryl methyl sites for hydroxylation is 2. The zero-order chi connectivity index (χ0) is 16.2. The fourth-order valence-electron chi connectivity index (χ4n) is 2.20. The molecule has 0 radical (unpaired) electrons. The summed E-state index contributed by atoms with van der Waals surface area (Å²) in [6.45, 7) is 7.44. The van der Waals surface area contributed by atoms with E-state index in [2.05, 4.69) is 10.4 Å². The normalized spacial score (nSPS) is 11.3. The zero-order valence-electron chi connectivity index (χ0n) is 13.3. The minimum Gasteiger partial charge on any atom is -0.480 e. The van der Waals surface area contributed by atoms with Crippen molar-refractivity contribution >= 4 is 12.0 Å². The van der Waals surface area contributed by atoms with Crippen LogP contribution in [0.5, 0.6) is 0 Å². The second-order valence-electron chi connectivity index (χ2n) is 5.40. The number of carboxylic acid groups (broad SMARTS) is 1. The van der Waals surface area contributed by atoms with Crippen molar-refractivity contribution in [3.05, 3.63) is 17.5 Å². The summed E-state index contributed by atoms with van der Waals surface area (Å²) in [5, 5.41) is 16.3. The molecule has 1 aromatic rings. The minimum absolute atomic E-state index is 0.318. The molecule has 21 heavy (non-hydrogen) atoms. The van der Waals surface area contributed by atoms with Crippen LogP contribution < -0.4 is 5.32 Å². The average Bonchev–Trinajstić information content (AvgIpc) is 2.77. The second kappa shape index (κ2) is 6.60. The maximum Gasteiger partial charge on any atom is 0.329 e. The summed E-state index contributed by atoms with van der Waals surface area (Å²) in [5.74, 6) is -1.03. The number of likely N-dealkylation sites (N-methyl/N-ethyl adjacent to an activating group) is 1. The number of nitrogens with zero attached hydrogens (tertiary/aromatic N) is 3. The minimum atomic E-state index is -1.25. The number of aromatic nitrogens is 2. The lowest BCUT2D eigenvalue weighted by molar-refractivity contribution is -0.147. The summed E-state index contributed by atoms with van der Waals surface area (Å²) in [5.41, 5.74) is 0.623. The molecule has 0 aromatic carbocycles. The Kier molecular flexibility index (Phi) is 5.34. The van der Waals surface area contributed by atoms with Gasteiger partial charge in [0.1, 0.15) is 5.54 Å². The second-order valence-corrected chi connectivity index (χ2v) is 5.40. The predicted molar refractivity (Wildman–Crippen MR) is 78.9 cm³/mol. The van der Waals surface area contributed by atoms with Gasteiger partial charge in [-0.05, 0) is 27.2 Å². The Morgan fingerprint density at radius 3 is 2.52 bits per heavy atom. The maximum atomic E-state index is 12.2. The highest BCUT2D eigenvalue weighted by Crippen LogP contribution is 2.15. The highest BCUT2D eigenvalue weighted by molar-refractivity contribution is 5.85. The molecule has 0 saturated carbocycles. The molecule has 2 N–H and O–H groups in total. The summed E-state index contributed by atoms with van der Waals surface area (Å²) >= 11 is 0. The van der Waals surface area contributed by atoms with E-state index in [0.29, 0.717) is 13.1 Å². The highest BCUT2D eigenvalue weighted by atomic mass is 16.4. The smallest absolute Gasteiger partial charge is 0.329 e. The van der Waals surface area contributed by atoms with Gasteiger partial charge in [-0.1, -0.05) is 6.92 Å². The van der Waals surface area contributed by atoms with Gasteiger partial charge >= 0.3 is 12.0 Å². The zero-order valence-corrected chi connectivity index (χ0v) is 13.3. The van der Waals surface area contributed by atoms with E-state index in [4.69, 9.17) is 0 Å². The van der Waals surface area contributed by atoms with Gasteiger partial charge in [0, 0.05) is 31.9 Å². The average molecular weight is 296 g/mol. The molecular formula is C14H24N4O3. The molecule has 2 amide bonds. The Bertz CT molecular complexity index is 522. The van der Waals surface area contributed by atoms with E-state index >= 15 is 0 Å². The number of aliphatic carboxylic acids is 1. The number of hydrogen-bond donors (Lipinski definition) is 2. The molecule has 0 aliphatic rings. The summed E-state index contributed by atoms with van der Waals surface area (Å²) in [6, 6.07) is -0.393. The number of nitrogens with one attached hydrogen (secondary N) is 1. The lowest BCUT2D eigenvalue weighted by Crippen LogP contribution is -2.55. The molecule has 1 heterocycles. The molecule has 0 saturated heterocycles. The molecule has 1 aromatic heterocycles. The van der Waals surface area contributed by atoms with Crippen LogP contribution in [0.1, 0.15) is 39.0 Å².